The molecule has 0 bridgehead atoms. The summed E-state index contributed by atoms with van der Waals surface area (Å²) in [5, 5.41) is 8.82. The Morgan fingerprint density at radius 3 is 2.87 bits per heavy atom. The molecule has 0 aromatic heterocycles. The second-order valence-electron chi connectivity index (χ2n) is 3.19. The van der Waals surface area contributed by atoms with Crippen molar-refractivity contribution >= 4 is 5.97 Å². The van der Waals surface area contributed by atoms with E-state index in [9.17, 15) is 9.18 Å². The van der Waals surface area contributed by atoms with Crippen LogP contribution in [0.1, 0.15) is 19.8 Å². The van der Waals surface area contributed by atoms with Gasteiger partial charge in [-0.15, -0.1) is 0 Å². The Morgan fingerprint density at radius 2 is 2.33 bits per heavy atom. The largest absolute Gasteiger partial charge is 0.479 e. The first-order valence-electron chi connectivity index (χ1n) is 4.78. The van der Waals surface area contributed by atoms with E-state index in [4.69, 9.17) is 9.84 Å². The van der Waals surface area contributed by atoms with E-state index in [-0.39, 0.29) is 5.75 Å². The van der Waals surface area contributed by atoms with Crippen molar-refractivity contribution in [2.75, 3.05) is 0 Å². The minimum atomic E-state index is -1.03. The van der Waals surface area contributed by atoms with Crippen molar-refractivity contribution in [1.29, 1.82) is 0 Å². The third-order valence-electron chi connectivity index (χ3n) is 1.90. The molecule has 0 saturated heterocycles. The van der Waals surface area contributed by atoms with Crippen LogP contribution in [0.5, 0.6) is 5.75 Å². The Balaban J connectivity index is 2.69. The van der Waals surface area contributed by atoms with Gasteiger partial charge < -0.3 is 9.84 Å². The molecule has 82 valence electrons. The molecular weight excluding hydrogens is 199 g/mol. The lowest BCUT2D eigenvalue weighted by molar-refractivity contribution is -0.145. The summed E-state index contributed by atoms with van der Waals surface area (Å²) in [6, 6.07) is 5.47. The number of hydrogen-bond acceptors (Lipinski definition) is 2. The molecular formula is C11H13FO3. The van der Waals surface area contributed by atoms with Crippen molar-refractivity contribution in [2.24, 2.45) is 0 Å². The third kappa shape index (κ3) is 3.58. The number of rotatable bonds is 5. The van der Waals surface area contributed by atoms with E-state index in [0.717, 1.165) is 0 Å². The monoisotopic (exact) mass is 212 g/mol. The molecule has 0 aliphatic rings. The lowest BCUT2D eigenvalue weighted by Gasteiger charge is -2.13. The van der Waals surface area contributed by atoms with Gasteiger partial charge in [0.25, 0.3) is 0 Å². The van der Waals surface area contributed by atoms with E-state index in [1.165, 1.54) is 24.3 Å². The molecule has 0 radical (unpaired) electrons. The zero-order chi connectivity index (χ0) is 11.3. The second kappa shape index (κ2) is 5.34. The SMILES string of the molecule is CCCC(Oc1cccc(F)c1)C(=O)O. The number of carboxylic acid groups (broad SMARTS) is 1. The van der Waals surface area contributed by atoms with Crippen LogP contribution in [-0.2, 0) is 4.79 Å². The molecule has 0 saturated carbocycles. The van der Waals surface area contributed by atoms with Crippen LogP contribution in [0.3, 0.4) is 0 Å². The highest BCUT2D eigenvalue weighted by Gasteiger charge is 2.17. The van der Waals surface area contributed by atoms with Gasteiger partial charge in [-0.05, 0) is 18.6 Å². The number of hydrogen-bond donors (Lipinski definition) is 1. The summed E-state index contributed by atoms with van der Waals surface area (Å²) in [6.07, 6.45) is 0.204. The zero-order valence-corrected chi connectivity index (χ0v) is 8.44. The standard InChI is InChI=1S/C11H13FO3/c1-2-4-10(11(13)14)15-9-6-3-5-8(12)7-9/h3,5-7,10H,2,4H2,1H3,(H,13,14). The van der Waals surface area contributed by atoms with Gasteiger partial charge in [0.2, 0.25) is 0 Å². The van der Waals surface area contributed by atoms with E-state index in [2.05, 4.69) is 0 Å². The fraction of sp³-hybridized carbons (Fsp3) is 0.364. The van der Waals surface area contributed by atoms with Crippen molar-refractivity contribution in [2.45, 2.75) is 25.9 Å². The maximum Gasteiger partial charge on any atom is 0.344 e. The molecule has 0 heterocycles. The van der Waals surface area contributed by atoms with Crippen LogP contribution < -0.4 is 4.74 Å². The number of carboxylic acids is 1. The molecule has 3 nitrogen and oxygen atoms in total. The van der Waals surface area contributed by atoms with Crippen LogP contribution in [-0.4, -0.2) is 17.2 Å². The van der Waals surface area contributed by atoms with Crippen molar-refractivity contribution in [3.63, 3.8) is 0 Å². The van der Waals surface area contributed by atoms with Crippen LogP contribution >= 0.6 is 0 Å². The maximum atomic E-state index is 12.8. The lowest BCUT2D eigenvalue weighted by Crippen LogP contribution is -2.26. The topological polar surface area (TPSA) is 46.5 Å². The van der Waals surface area contributed by atoms with Gasteiger partial charge in [0, 0.05) is 6.07 Å². The maximum absolute atomic E-state index is 12.8. The summed E-state index contributed by atoms with van der Waals surface area (Å²) >= 11 is 0. The van der Waals surface area contributed by atoms with Crippen LogP contribution in [0.4, 0.5) is 4.39 Å². The number of benzene rings is 1. The average molecular weight is 212 g/mol. The molecule has 1 rings (SSSR count). The summed E-state index contributed by atoms with van der Waals surface area (Å²) in [6.45, 7) is 1.87. The van der Waals surface area contributed by atoms with Gasteiger partial charge in [0.15, 0.2) is 6.10 Å². The van der Waals surface area contributed by atoms with Gasteiger partial charge in [-0.3, -0.25) is 0 Å². The van der Waals surface area contributed by atoms with Gasteiger partial charge in [0.1, 0.15) is 11.6 Å². The summed E-state index contributed by atoms with van der Waals surface area (Å²) in [5.74, 6) is -1.22. The number of ether oxygens (including phenoxy) is 1. The number of aliphatic carboxylic acids is 1. The molecule has 1 aromatic carbocycles. The zero-order valence-electron chi connectivity index (χ0n) is 8.44. The quantitative estimate of drug-likeness (QED) is 0.815. The van der Waals surface area contributed by atoms with Crippen LogP contribution in [0.15, 0.2) is 24.3 Å². The van der Waals surface area contributed by atoms with E-state index >= 15 is 0 Å². The fourth-order valence-electron chi connectivity index (χ4n) is 1.20. The predicted molar refractivity (Wildman–Crippen MR) is 53.4 cm³/mol. The van der Waals surface area contributed by atoms with Crippen LogP contribution in [0.2, 0.25) is 0 Å². The molecule has 1 atom stereocenters. The first kappa shape index (κ1) is 11.5. The van der Waals surface area contributed by atoms with Crippen molar-refractivity contribution < 1.29 is 19.0 Å². The molecule has 0 aliphatic heterocycles. The molecule has 1 unspecified atom stereocenters. The predicted octanol–water partition coefficient (Wildman–Crippen LogP) is 2.46. The fourth-order valence-corrected chi connectivity index (χ4v) is 1.20. The summed E-state index contributed by atoms with van der Waals surface area (Å²) < 4.78 is 17.9. The van der Waals surface area contributed by atoms with Crippen LogP contribution in [0, 0.1) is 5.82 Å². The Labute approximate surface area is 87.5 Å². The Hall–Kier alpha value is -1.58. The van der Waals surface area contributed by atoms with Gasteiger partial charge in [-0.25, -0.2) is 9.18 Å². The van der Waals surface area contributed by atoms with E-state index in [0.29, 0.717) is 12.8 Å². The van der Waals surface area contributed by atoms with Crippen molar-refractivity contribution in [3.05, 3.63) is 30.1 Å². The number of halogens is 1. The summed E-state index contributed by atoms with van der Waals surface area (Å²) in [5.41, 5.74) is 0. The van der Waals surface area contributed by atoms with Gasteiger partial charge in [0.05, 0.1) is 0 Å². The third-order valence-corrected chi connectivity index (χ3v) is 1.90. The van der Waals surface area contributed by atoms with Crippen molar-refractivity contribution in [1.82, 2.24) is 0 Å². The van der Waals surface area contributed by atoms with Gasteiger partial charge in [-0.1, -0.05) is 19.4 Å². The molecule has 4 heteroatoms. The van der Waals surface area contributed by atoms with Gasteiger partial charge >= 0.3 is 5.97 Å². The molecule has 0 spiro atoms. The first-order valence-corrected chi connectivity index (χ1v) is 4.78. The van der Waals surface area contributed by atoms with Gasteiger partial charge in [-0.2, -0.15) is 0 Å². The highest BCUT2D eigenvalue weighted by Crippen LogP contribution is 2.15. The minimum Gasteiger partial charge on any atom is -0.479 e. The summed E-state index contributed by atoms with van der Waals surface area (Å²) in [7, 11) is 0. The Bertz CT molecular complexity index is 338. The smallest absolute Gasteiger partial charge is 0.344 e. The molecule has 1 N–H and O–H groups in total. The molecule has 0 aliphatic carbocycles. The number of carbonyl (C=O) groups is 1. The lowest BCUT2D eigenvalue weighted by atomic mass is 10.2. The van der Waals surface area contributed by atoms with Crippen molar-refractivity contribution in [3.8, 4) is 5.75 Å². The highest BCUT2D eigenvalue weighted by molar-refractivity contribution is 5.72. The molecule has 0 fully saturated rings. The van der Waals surface area contributed by atoms with Crippen LogP contribution in [0.25, 0.3) is 0 Å². The second-order valence-corrected chi connectivity index (χ2v) is 3.19. The molecule has 0 amide bonds. The van der Waals surface area contributed by atoms with E-state index in [1.54, 1.807) is 0 Å². The Kier molecular flexibility index (Phi) is 4.09. The minimum absolute atomic E-state index is 0.246. The molecule has 15 heavy (non-hydrogen) atoms. The highest BCUT2D eigenvalue weighted by atomic mass is 19.1. The first-order chi connectivity index (χ1) is 7.13. The van der Waals surface area contributed by atoms with E-state index < -0.39 is 17.9 Å². The normalized spacial score (nSPS) is 12.1. The van der Waals surface area contributed by atoms with E-state index in [1.807, 2.05) is 6.92 Å². The summed E-state index contributed by atoms with van der Waals surface area (Å²) in [4.78, 5) is 10.8. The average Bonchev–Trinajstić information content (AvgIpc) is 2.17. The molecule has 1 aromatic rings. The Morgan fingerprint density at radius 1 is 1.60 bits per heavy atom.